The highest BCUT2D eigenvalue weighted by Crippen LogP contribution is 2.37. The number of hydrogen-bond acceptors (Lipinski definition) is 6. The first-order chi connectivity index (χ1) is 9.98. The maximum absolute atomic E-state index is 11.5. The predicted octanol–water partition coefficient (Wildman–Crippen LogP) is 1.28. The van der Waals surface area contributed by atoms with Crippen molar-refractivity contribution >= 4 is 0 Å². The van der Waals surface area contributed by atoms with Crippen molar-refractivity contribution < 1.29 is 15.1 Å². The van der Waals surface area contributed by atoms with Crippen LogP contribution in [-0.4, -0.2) is 30.6 Å². The number of pyridine rings is 2. The van der Waals surface area contributed by atoms with Gasteiger partial charge in [0.25, 0.3) is 5.54 Å². The fourth-order valence-corrected chi connectivity index (χ4v) is 2.02. The lowest BCUT2D eigenvalue weighted by Gasteiger charge is -2.29. The van der Waals surface area contributed by atoms with E-state index in [0.29, 0.717) is 0 Å². The summed E-state index contributed by atoms with van der Waals surface area (Å²) in [5, 5.41) is 32.2. The van der Waals surface area contributed by atoms with Crippen LogP contribution in [0.4, 0.5) is 0 Å². The molecule has 7 nitrogen and oxygen atoms in total. The molecule has 110 valence electrons. The number of aliphatic hydroxyl groups is 2. The Morgan fingerprint density at radius 3 is 1.76 bits per heavy atom. The summed E-state index contributed by atoms with van der Waals surface area (Å²) in [6.07, 6.45) is -0.311. The van der Waals surface area contributed by atoms with Gasteiger partial charge in [0, 0.05) is 24.2 Å². The van der Waals surface area contributed by atoms with E-state index in [1.165, 1.54) is 31.5 Å². The molecule has 2 rings (SSSR count). The SMILES string of the molecule is CC([C@H](O)c1ccccn1)([C@@H](O)c1ccccn1)[N+](=O)[O-]. The number of aromatic nitrogens is 2. The molecule has 0 bridgehead atoms. The van der Waals surface area contributed by atoms with Crippen LogP contribution in [0.1, 0.15) is 30.5 Å². The Bertz CT molecular complexity index is 561. The van der Waals surface area contributed by atoms with Crippen molar-refractivity contribution in [1.29, 1.82) is 0 Å². The number of hydrogen-bond donors (Lipinski definition) is 2. The van der Waals surface area contributed by atoms with E-state index in [2.05, 4.69) is 9.97 Å². The standard InChI is InChI=1S/C14H15N3O4/c1-14(17(20)21,12(18)10-6-2-4-8-15-10)13(19)11-7-3-5-9-16-11/h2-9,12-13,18-19H,1H3/t12-,13+,14?. The first-order valence-corrected chi connectivity index (χ1v) is 6.30. The van der Waals surface area contributed by atoms with Crippen LogP contribution >= 0.6 is 0 Å². The predicted molar refractivity (Wildman–Crippen MR) is 73.8 cm³/mol. The quantitative estimate of drug-likeness (QED) is 0.634. The van der Waals surface area contributed by atoms with Gasteiger partial charge in [0.15, 0.2) is 12.2 Å². The lowest BCUT2D eigenvalue weighted by Crippen LogP contribution is -2.47. The molecule has 0 spiro atoms. The van der Waals surface area contributed by atoms with E-state index >= 15 is 0 Å². The fraction of sp³-hybridized carbons (Fsp3) is 0.286. The summed E-state index contributed by atoms with van der Waals surface area (Å²) >= 11 is 0. The van der Waals surface area contributed by atoms with Gasteiger partial charge in [-0.05, 0) is 24.3 Å². The lowest BCUT2D eigenvalue weighted by atomic mass is 9.85. The summed E-state index contributed by atoms with van der Waals surface area (Å²) in [6.45, 7) is 1.17. The summed E-state index contributed by atoms with van der Waals surface area (Å²) < 4.78 is 0. The minimum Gasteiger partial charge on any atom is -0.379 e. The second-order valence-electron chi connectivity index (χ2n) is 4.80. The topological polar surface area (TPSA) is 109 Å². The summed E-state index contributed by atoms with van der Waals surface area (Å²) in [7, 11) is 0. The summed E-state index contributed by atoms with van der Waals surface area (Å²) in [5.74, 6) is 0. The third-order valence-electron chi connectivity index (χ3n) is 3.44. The molecule has 2 aromatic heterocycles. The van der Waals surface area contributed by atoms with Gasteiger partial charge in [0.05, 0.1) is 11.4 Å². The highest BCUT2D eigenvalue weighted by molar-refractivity contribution is 5.17. The summed E-state index contributed by atoms with van der Waals surface area (Å²) in [4.78, 5) is 18.6. The molecule has 0 amide bonds. The molecule has 2 N–H and O–H groups in total. The van der Waals surface area contributed by atoms with Crippen molar-refractivity contribution in [3.63, 3.8) is 0 Å². The van der Waals surface area contributed by atoms with Crippen LogP contribution in [0.5, 0.6) is 0 Å². The minimum atomic E-state index is -2.07. The fourth-order valence-electron chi connectivity index (χ4n) is 2.02. The van der Waals surface area contributed by atoms with Gasteiger partial charge in [-0.2, -0.15) is 0 Å². The highest BCUT2D eigenvalue weighted by Gasteiger charge is 2.54. The molecule has 0 saturated carbocycles. The van der Waals surface area contributed by atoms with Gasteiger partial charge in [0.1, 0.15) is 0 Å². The number of aliphatic hydroxyl groups excluding tert-OH is 2. The molecular formula is C14H15N3O4. The van der Waals surface area contributed by atoms with Crippen molar-refractivity contribution in [2.24, 2.45) is 0 Å². The smallest absolute Gasteiger partial charge is 0.281 e. The van der Waals surface area contributed by atoms with E-state index in [0.717, 1.165) is 0 Å². The normalized spacial score (nSPS) is 16.7. The van der Waals surface area contributed by atoms with E-state index in [9.17, 15) is 20.3 Å². The first-order valence-electron chi connectivity index (χ1n) is 6.30. The van der Waals surface area contributed by atoms with Crippen molar-refractivity contribution in [2.75, 3.05) is 0 Å². The monoisotopic (exact) mass is 289 g/mol. The van der Waals surface area contributed by atoms with Crippen LogP contribution in [0.2, 0.25) is 0 Å². The van der Waals surface area contributed by atoms with Gasteiger partial charge >= 0.3 is 0 Å². The molecule has 21 heavy (non-hydrogen) atoms. The van der Waals surface area contributed by atoms with Crippen molar-refractivity contribution in [3.8, 4) is 0 Å². The van der Waals surface area contributed by atoms with E-state index in [1.54, 1.807) is 24.3 Å². The third-order valence-corrected chi connectivity index (χ3v) is 3.44. The minimum absolute atomic E-state index is 0.117. The largest absolute Gasteiger partial charge is 0.379 e. The van der Waals surface area contributed by atoms with Crippen LogP contribution in [0.15, 0.2) is 48.8 Å². The number of rotatable bonds is 5. The zero-order valence-corrected chi connectivity index (χ0v) is 11.3. The van der Waals surface area contributed by atoms with Crippen molar-refractivity contribution in [1.82, 2.24) is 9.97 Å². The van der Waals surface area contributed by atoms with Crippen LogP contribution in [0, 0.1) is 10.1 Å². The Balaban J connectivity index is 2.43. The third kappa shape index (κ3) is 2.74. The lowest BCUT2D eigenvalue weighted by molar-refractivity contribution is -0.595. The zero-order chi connectivity index (χ0) is 15.5. The van der Waals surface area contributed by atoms with Gasteiger partial charge in [-0.3, -0.25) is 20.1 Å². The molecule has 0 fully saturated rings. The number of nitrogens with zero attached hydrogens (tertiary/aromatic N) is 3. The summed E-state index contributed by atoms with van der Waals surface area (Å²) in [5.41, 5.74) is -1.83. The molecule has 0 aliphatic carbocycles. The Morgan fingerprint density at radius 2 is 1.48 bits per heavy atom. The average molecular weight is 289 g/mol. The molecule has 0 saturated heterocycles. The maximum atomic E-state index is 11.5. The molecule has 7 heteroatoms. The zero-order valence-electron chi connectivity index (χ0n) is 11.3. The van der Waals surface area contributed by atoms with E-state index in [-0.39, 0.29) is 11.4 Å². The molecule has 0 aliphatic heterocycles. The van der Waals surface area contributed by atoms with Gasteiger partial charge in [0.2, 0.25) is 0 Å². The van der Waals surface area contributed by atoms with Crippen LogP contribution in [0.3, 0.4) is 0 Å². The van der Waals surface area contributed by atoms with Crippen LogP contribution in [-0.2, 0) is 0 Å². The Hall–Kier alpha value is -2.38. The van der Waals surface area contributed by atoms with Gasteiger partial charge in [-0.25, -0.2) is 0 Å². The average Bonchev–Trinajstić information content (AvgIpc) is 2.54. The van der Waals surface area contributed by atoms with Crippen LogP contribution in [0.25, 0.3) is 0 Å². The Kier molecular flexibility index (Phi) is 4.25. The highest BCUT2D eigenvalue weighted by atomic mass is 16.6. The van der Waals surface area contributed by atoms with Gasteiger partial charge in [-0.1, -0.05) is 12.1 Å². The molecular weight excluding hydrogens is 274 g/mol. The number of nitro groups is 1. The Labute approximate surface area is 121 Å². The molecule has 0 radical (unpaired) electrons. The van der Waals surface area contributed by atoms with E-state index < -0.39 is 22.7 Å². The molecule has 1 unspecified atom stereocenters. The molecule has 3 atom stereocenters. The molecule has 2 heterocycles. The Morgan fingerprint density at radius 1 is 1.05 bits per heavy atom. The second kappa shape index (κ2) is 5.94. The molecule has 0 aromatic carbocycles. The van der Waals surface area contributed by atoms with E-state index in [1.807, 2.05) is 0 Å². The van der Waals surface area contributed by atoms with Gasteiger partial charge in [-0.15, -0.1) is 0 Å². The molecule has 0 aliphatic rings. The van der Waals surface area contributed by atoms with Crippen LogP contribution < -0.4 is 0 Å². The molecule has 2 aromatic rings. The maximum Gasteiger partial charge on any atom is 0.281 e. The van der Waals surface area contributed by atoms with Crippen molar-refractivity contribution in [2.45, 2.75) is 24.7 Å². The summed E-state index contributed by atoms with van der Waals surface area (Å²) in [6, 6.07) is 9.43. The second-order valence-corrected chi connectivity index (χ2v) is 4.80. The first kappa shape index (κ1) is 15.0. The van der Waals surface area contributed by atoms with Gasteiger partial charge < -0.3 is 10.2 Å². The van der Waals surface area contributed by atoms with Crippen molar-refractivity contribution in [3.05, 3.63) is 70.3 Å². The van der Waals surface area contributed by atoms with E-state index in [4.69, 9.17) is 0 Å².